The predicted octanol–water partition coefficient (Wildman–Crippen LogP) is 5.89. The minimum Gasteiger partial charge on any atom is -0.458 e. The third kappa shape index (κ3) is 9.76. The first-order chi connectivity index (χ1) is 28.2. The van der Waals surface area contributed by atoms with E-state index in [9.17, 15) is 24.3 Å². The van der Waals surface area contributed by atoms with Gasteiger partial charge in [-0.3, -0.25) is 14.4 Å². The van der Waals surface area contributed by atoms with E-state index < -0.39 is 83.4 Å². The lowest BCUT2D eigenvalue weighted by Crippen LogP contribution is -2.60. The summed E-state index contributed by atoms with van der Waals surface area (Å²) in [6.45, 7) is 16.8. The maximum atomic E-state index is 14.8. The number of nitrogens with zero attached hydrogens (tertiary/aromatic N) is 5. The number of rotatable bonds is 11. The Balaban J connectivity index is 1.43. The lowest BCUT2D eigenvalue weighted by atomic mass is 9.73. The first-order valence-electron chi connectivity index (χ1n) is 21.3. The van der Waals surface area contributed by atoms with Crippen LogP contribution < -0.4 is 0 Å². The lowest BCUT2D eigenvalue weighted by molar-refractivity contribution is -0.295. The number of Topliss-reactive ketones (excluding diaryl/α,β-unsaturated/α-hetero) is 2. The Morgan fingerprint density at radius 3 is 2.32 bits per heavy atom. The van der Waals surface area contributed by atoms with Gasteiger partial charge in [0, 0.05) is 62.0 Å². The zero-order valence-corrected chi connectivity index (χ0v) is 38.1. The summed E-state index contributed by atoms with van der Waals surface area (Å²) in [5.41, 5.74) is -1.07. The summed E-state index contributed by atoms with van der Waals surface area (Å²) in [7, 11) is 5.24. The van der Waals surface area contributed by atoms with E-state index in [-0.39, 0.29) is 37.3 Å². The Labute approximate surface area is 359 Å². The predicted molar refractivity (Wildman–Crippen MR) is 224 cm³/mol. The van der Waals surface area contributed by atoms with Crippen LogP contribution in [0.3, 0.4) is 0 Å². The van der Waals surface area contributed by atoms with Crippen LogP contribution in [0.25, 0.3) is 11.3 Å². The van der Waals surface area contributed by atoms with Crippen LogP contribution in [0.15, 0.2) is 24.5 Å². The van der Waals surface area contributed by atoms with Crippen molar-refractivity contribution in [1.29, 1.82) is 0 Å². The number of carbonyl (C=O) groups is 4. The number of amides is 1. The number of esters is 1. The number of unbranched alkanes of at least 4 members (excludes halogenated alkanes) is 1. The molecule has 16 heteroatoms. The van der Waals surface area contributed by atoms with Crippen LogP contribution in [0.4, 0.5) is 4.79 Å². The van der Waals surface area contributed by atoms with Crippen LogP contribution in [0.1, 0.15) is 93.3 Å². The second-order valence-corrected chi connectivity index (χ2v) is 18.2. The van der Waals surface area contributed by atoms with Gasteiger partial charge in [0.1, 0.15) is 34.9 Å². The highest BCUT2D eigenvalue weighted by Gasteiger charge is 2.60. The van der Waals surface area contributed by atoms with E-state index >= 15 is 0 Å². The standard InChI is InChI=1S/C44H66ClN5O10/c1-13-33-44(9)38(50(42(55)60-44)19-15-14-18-49-23-31(47-29(49)7)30-16-17-34(45)46-22-30)26(4)35(51)24(2)21-43(8,56-12)39(27(5)36(52)28(6)40(54)58-33)59-41-37(53)32(48(10)11)20-25(3)57-41/h16-17,22-28,32-33,37-39,41,53H,13-15,18-21H2,1-12H3/t24-,25-,26-,27+,28-,32+,33+,37-,38-,39?,41?,43+,44-/m1/s1. The van der Waals surface area contributed by atoms with Crippen LogP contribution in [0, 0.1) is 30.6 Å². The van der Waals surface area contributed by atoms with E-state index in [1.807, 2.05) is 63.5 Å². The molecule has 0 bridgehead atoms. The maximum absolute atomic E-state index is 14.8. The molecule has 3 aliphatic heterocycles. The fourth-order valence-corrected chi connectivity index (χ4v) is 9.79. The third-order valence-electron chi connectivity index (χ3n) is 13.2. The molecule has 3 saturated heterocycles. The molecule has 2 unspecified atom stereocenters. The van der Waals surface area contributed by atoms with Gasteiger partial charge < -0.3 is 43.2 Å². The number of cyclic esters (lactones) is 1. The number of ether oxygens (including phenoxy) is 5. The van der Waals surface area contributed by atoms with Crippen molar-refractivity contribution in [2.75, 3.05) is 27.7 Å². The van der Waals surface area contributed by atoms with Crippen molar-refractivity contribution in [3.63, 3.8) is 0 Å². The number of aliphatic hydroxyl groups excluding tert-OH is 1. The molecule has 1 N–H and O–H groups in total. The van der Waals surface area contributed by atoms with Gasteiger partial charge in [0.2, 0.25) is 0 Å². The van der Waals surface area contributed by atoms with E-state index in [1.165, 1.54) is 14.0 Å². The molecule has 60 heavy (non-hydrogen) atoms. The normalized spacial score (nSPS) is 35.9. The highest BCUT2D eigenvalue weighted by Crippen LogP contribution is 2.43. The molecule has 3 aliphatic rings. The maximum Gasteiger partial charge on any atom is 0.410 e. The Morgan fingerprint density at radius 1 is 1.02 bits per heavy atom. The zero-order chi connectivity index (χ0) is 44.4. The molecule has 2 aromatic heterocycles. The molecule has 15 nitrogen and oxygen atoms in total. The molecule has 1 amide bonds. The van der Waals surface area contributed by atoms with E-state index in [4.69, 9.17) is 40.3 Å². The molecular weight excluding hydrogens is 794 g/mol. The van der Waals surface area contributed by atoms with Crippen molar-refractivity contribution in [3.05, 3.63) is 35.5 Å². The SMILES string of the molecule is CC[C@@H]1OC(=O)[C@H](C)C(=O)[C@H](C)C(OC2O[C@H](C)C[C@H](N(C)C)[C@H]2O)[C@@](C)(OC)C[C@@H](C)C(=O)[C@@H](C)[C@H]2N(CCCCn3cc(-c4ccc(Cl)nc4)nc3C)C(=O)O[C@]12C. The van der Waals surface area contributed by atoms with Gasteiger partial charge in [0.05, 0.1) is 29.5 Å². The van der Waals surface area contributed by atoms with Crippen LogP contribution in [-0.2, 0) is 44.6 Å². The monoisotopic (exact) mass is 859 g/mol. The number of aryl methyl sites for hydroxylation is 2. The number of ketones is 2. The number of aliphatic hydroxyl groups is 1. The topological polar surface area (TPSA) is 172 Å². The van der Waals surface area contributed by atoms with Crippen molar-refractivity contribution in [2.45, 2.75) is 155 Å². The summed E-state index contributed by atoms with van der Waals surface area (Å²) in [4.78, 5) is 69.4. The lowest BCUT2D eigenvalue weighted by Gasteiger charge is -2.47. The van der Waals surface area contributed by atoms with Crippen LogP contribution in [0.5, 0.6) is 0 Å². The van der Waals surface area contributed by atoms with Crippen molar-refractivity contribution in [1.82, 2.24) is 24.3 Å². The number of imidazole rings is 1. The first kappa shape index (κ1) is 47.6. The Morgan fingerprint density at radius 2 is 1.70 bits per heavy atom. The molecule has 0 aromatic carbocycles. The average Bonchev–Trinajstić information content (AvgIpc) is 3.70. The second-order valence-electron chi connectivity index (χ2n) is 17.8. The molecular formula is C44H66ClN5O10. The van der Waals surface area contributed by atoms with Gasteiger partial charge in [-0.15, -0.1) is 0 Å². The van der Waals surface area contributed by atoms with Crippen molar-refractivity contribution >= 4 is 35.2 Å². The summed E-state index contributed by atoms with van der Waals surface area (Å²) in [6.07, 6.45) is 0.788. The zero-order valence-electron chi connectivity index (χ0n) is 37.3. The van der Waals surface area contributed by atoms with Crippen molar-refractivity contribution in [3.8, 4) is 11.3 Å². The fourth-order valence-electron chi connectivity index (χ4n) is 9.67. The minimum absolute atomic E-state index is 0.122. The minimum atomic E-state index is -1.42. The van der Waals surface area contributed by atoms with Crippen LogP contribution in [-0.4, -0.2) is 135 Å². The molecule has 0 aliphatic carbocycles. The Hall–Kier alpha value is -3.47. The Kier molecular flexibility index (Phi) is 15.3. The quantitative estimate of drug-likeness (QED) is 0.123. The number of methoxy groups -OCH3 is 1. The van der Waals surface area contributed by atoms with Crippen LogP contribution in [0.2, 0.25) is 5.15 Å². The van der Waals surface area contributed by atoms with Crippen molar-refractivity contribution < 1.29 is 48.0 Å². The summed E-state index contributed by atoms with van der Waals surface area (Å²) in [6, 6.07) is 2.50. The highest BCUT2D eigenvalue weighted by molar-refractivity contribution is 6.29. The highest BCUT2D eigenvalue weighted by atomic mass is 35.5. The number of hydrogen-bond donors (Lipinski definition) is 1. The number of fused-ring (bicyclic) bond motifs is 1. The smallest absolute Gasteiger partial charge is 0.410 e. The Bertz CT molecular complexity index is 1840. The molecule has 13 atom stereocenters. The number of halogens is 1. The van der Waals surface area contributed by atoms with E-state index in [0.717, 1.165) is 17.1 Å². The third-order valence-corrected chi connectivity index (χ3v) is 13.4. The molecule has 0 spiro atoms. The van der Waals surface area contributed by atoms with Gasteiger partial charge in [-0.1, -0.05) is 39.3 Å². The second kappa shape index (κ2) is 19.3. The molecule has 3 fully saturated rings. The van der Waals surface area contributed by atoms with Gasteiger partial charge >= 0.3 is 12.1 Å². The van der Waals surface area contributed by atoms with E-state index in [2.05, 4.69) is 4.98 Å². The summed E-state index contributed by atoms with van der Waals surface area (Å²) in [5.74, 6) is -4.18. The van der Waals surface area contributed by atoms with Gasteiger partial charge in [0.25, 0.3) is 0 Å². The van der Waals surface area contributed by atoms with Crippen LogP contribution >= 0.6 is 11.6 Å². The largest absolute Gasteiger partial charge is 0.458 e. The summed E-state index contributed by atoms with van der Waals surface area (Å²) >= 11 is 5.98. The first-order valence-corrected chi connectivity index (χ1v) is 21.7. The van der Waals surface area contributed by atoms with Crippen molar-refractivity contribution in [2.24, 2.45) is 23.7 Å². The van der Waals surface area contributed by atoms with Gasteiger partial charge in [-0.25, -0.2) is 14.8 Å². The number of likely N-dealkylation sites (N-methyl/N-ethyl adjacent to an activating group) is 1. The van der Waals surface area contributed by atoms with Gasteiger partial charge in [-0.2, -0.15) is 0 Å². The average molecular weight is 860 g/mol. The van der Waals surface area contributed by atoms with E-state index in [1.54, 1.807) is 44.9 Å². The summed E-state index contributed by atoms with van der Waals surface area (Å²) in [5, 5.41) is 11.9. The number of pyridine rings is 1. The summed E-state index contributed by atoms with van der Waals surface area (Å²) < 4.78 is 33.3. The number of aromatic nitrogens is 3. The number of carbonyl (C=O) groups excluding carboxylic acids is 4. The molecule has 0 radical (unpaired) electrons. The molecule has 5 rings (SSSR count). The molecule has 334 valence electrons. The molecule has 0 saturated carbocycles. The van der Waals surface area contributed by atoms with E-state index in [0.29, 0.717) is 31.0 Å². The fraction of sp³-hybridized carbons (Fsp3) is 0.727. The molecule has 2 aromatic rings. The number of hydrogen-bond acceptors (Lipinski definition) is 13. The van der Waals surface area contributed by atoms with Gasteiger partial charge in [0.15, 0.2) is 17.7 Å². The molecule has 5 heterocycles. The van der Waals surface area contributed by atoms with Gasteiger partial charge in [-0.05, 0) is 93.0 Å².